The Labute approximate surface area is 156 Å². The first-order valence-corrected chi connectivity index (χ1v) is 9.00. The second kappa shape index (κ2) is 8.65. The Hall–Kier alpha value is -2.62. The molecule has 138 valence electrons. The van der Waals surface area contributed by atoms with E-state index in [2.05, 4.69) is 10.6 Å². The van der Waals surface area contributed by atoms with Gasteiger partial charge in [0.25, 0.3) is 0 Å². The van der Waals surface area contributed by atoms with Gasteiger partial charge in [0.2, 0.25) is 11.8 Å². The molecule has 0 aromatic heterocycles. The number of amides is 2. The van der Waals surface area contributed by atoms with Gasteiger partial charge in [-0.05, 0) is 30.4 Å². The van der Waals surface area contributed by atoms with Crippen molar-refractivity contribution in [3.05, 3.63) is 71.8 Å². The van der Waals surface area contributed by atoms with E-state index in [4.69, 9.17) is 0 Å². The van der Waals surface area contributed by atoms with Crippen molar-refractivity contribution in [2.24, 2.45) is 0 Å². The summed E-state index contributed by atoms with van der Waals surface area (Å²) in [5.74, 6) is -0.344. The quantitative estimate of drug-likeness (QED) is 0.797. The lowest BCUT2D eigenvalue weighted by Gasteiger charge is -2.26. The lowest BCUT2D eigenvalue weighted by molar-refractivity contribution is -0.130. The molecule has 4 nitrogen and oxygen atoms in total. The molecule has 0 fully saturated rings. The summed E-state index contributed by atoms with van der Waals surface area (Å²) in [6.45, 7) is 7.88. The fourth-order valence-electron chi connectivity index (χ4n) is 2.92. The minimum atomic E-state index is -0.697. The first-order valence-electron chi connectivity index (χ1n) is 9.00. The van der Waals surface area contributed by atoms with Gasteiger partial charge in [0.1, 0.15) is 6.04 Å². The van der Waals surface area contributed by atoms with Crippen molar-refractivity contribution in [3.8, 4) is 0 Å². The van der Waals surface area contributed by atoms with E-state index >= 15 is 0 Å². The molecule has 0 aliphatic heterocycles. The van der Waals surface area contributed by atoms with Crippen LogP contribution >= 0.6 is 0 Å². The van der Waals surface area contributed by atoms with Gasteiger partial charge in [-0.2, -0.15) is 0 Å². The zero-order valence-electron chi connectivity index (χ0n) is 16.0. The summed E-state index contributed by atoms with van der Waals surface area (Å²) in [4.78, 5) is 25.3. The standard InChI is InChI=1S/C22H28N2O2/c1-16(2)23-21(26)20(17-11-7-5-8-12-17)24-19(25)15-22(3,4)18-13-9-6-10-14-18/h5-14,16,20H,15H2,1-4H3,(H,23,26)(H,24,25)/t20-/m0/s1. The fraction of sp³-hybridized carbons (Fsp3) is 0.364. The predicted molar refractivity (Wildman–Crippen MR) is 105 cm³/mol. The normalized spacial score (nSPS) is 12.5. The number of hydrogen-bond donors (Lipinski definition) is 2. The summed E-state index contributed by atoms with van der Waals surface area (Å²) in [5.41, 5.74) is 1.55. The number of benzene rings is 2. The first-order chi connectivity index (χ1) is 12.3. The minimum absolute atomic E-state index is 0.00590. The molecule has 2 rings (SSSR count). The van der Waals surface area contributed by atoms with Gasteiger partial charge in [0.05, 0.1) is 0 Å². The van der Waals surface area contributed by atoms with Gasteiger partial charge < -0.3 is 10.6 Å². The summed E-state index contributed by atoms with van der Waals surface area (Å²) in [5, 5.41) is 5.80. The summed E-state index contributed by atoms with van der Waals surface area (Å²) in [6.07, 6.45) is 0.301. The van der Waals surface area contributed by atoms with Crippen molar-refractivity contribution in [2.45, 2.75) is 51.6 Å². The molecule has 0 aliphatic rings. The van der Waals surface area contributed by atoms with Crippen molar-refractivity contribution in [1.82, 2.24) is 10.6 Å². The molecule has 26 heavy (non-hydrogen) atoms. The topological polar surface area (TPSA) is 58.2 Å². The van der Waals surface area contributed by atoms with Crippen molar-refractivity contribution >= 4 is 11.8 Å². The van der Waals surface area contributed by atoms with Crippen LogP contribution in [0.3, 0.4) is 0 Å². The highest BCUT2D eigenvalue weighted by atomic mass is 16.2. The molecule has 0 saturated heterocycles. The molecule has 0 unspecified atom stereocenters. The Kier molecular flexibility index (Phi) is 6.56. The van der Waals surface area contributed by atoms with Crippen LogP contribution in [0, 0.1) is 0 Å². The molecule has 4 heteroatoms. The Morgan fingerprint density at radius 2 is 1.42 bits per heavy atom. The van der Waals surface area contributed by atoms with Gasteiger partial charge in [-0.1, -0.05) is 74.5 Å². The summed E-state index contributed by atoms with van der Waals surface area (Å²) < 4.78 is 0. The van der Waals surface area contributed by atoms with E-state index in [1.807, 2.05) is 88.4 Å². The molecular formula is C22H28N2O2. The Bertz CT molecular complexity index is 724. The van der Waals surface area contributed by atoms with Crippen LogP contribution in [0.5, 0.6) is 0 Å². The number of nitrogens with one attached hydrogen (secondary N) is 2. The predicted octanol–water partition coefficient (Wildman–Crippen LogP) is 3.74. The van der Waals surface area contributed by atoms with Crippen LogP contribution in [0.2, 0.25) is 0 Å². The maximum atomic E-state index is 12.7. The van der Waals surface area contributed by atoms with Crippen molar-refractivity contribution in [2.75, 3.05) is 0 Å². The number of carbonyl (C=O) groups excluding carboxylic acids is 2. The molecule has 0 bridgehead atoms. The SMILES string of the molecule is CC(C)NC(=O)[C@@H](NC(=O)CC(C)(C)c1ccccc1)c1ccccc1. The van der Waals surface area contributed by atoms with Gasteiger partial charge in [-0.25, -0.2) is 0 Å². The molecule has 0 saturated carbocycles. The highest BCUT2D eigenvalue weighted by molar-refractivity contribution is 5.89. The average Bonchev–Trinajstić information content (AvgIpc) is 2.60. The van der Waals surface area contributed by atoms with E-state index in [0.29, 0.717) is 6.42 Å². The third-order valence-corrected chi connectivity index (χ3v) is 4.29. The van der Waals surface area contributed by atoms with Crippen LogP contribution in [0.1, 0.15) is 51.3 Å². The third kappa shape index (κ3) is 5.45. The van der Waals surface area contributed by atoms with Gasteiger partial charge in [0.15, 0.2) is 0 Å². The molecular weight excluding hydrogens is 324 g/mol. The molecule has 0 spiro atoms. The lowest BCUT2D eigenvalue weighted by Crippen LogP contribution is -2.43. The second-order valence-electron chi connectivity index (χ2n) is 7.50. The summed E-state index contributed by atoms with van der Waals surface area (Å²) in [7, 11) is 0. The Morgan fingerprint density at radius 3 is 1.96 bits per heavy atom. The molecule has 0 aliphatic carbocycles. The zero-order valence-corrected chi connectivity index (χ0v) is 16.0. The minimum Gasteiger partial charge on any atom is -0.352 e. The van der Waals surface area contributed by atoms with Crippen molar-refractivity contribution in [3.63, 3.8) is 0 Å². The number of carbonyl (C=O) groups is 2. The van der Waals surface area contributed by atoms with E-state index in [9.17, 15) is 9.59 Å². The highest BCUT2D eigenvalue weighted by Crippen LogP contribution is 2.27. The van der Waals surface area contributed by atoms with E-state index in [1.165, 1.54) is 0 Å². The molecule has 0 heterocycles. The smallest absolute Gasteiger partial charge is 0.247 e. The number of hydrogen-bond acceptors (Lipinski definition) is 2. The van der Waals surface area contributed by atoms with E-state index < -0.39 is 6.04 Å². The summed E-state index contributed by atoms with van der Waals surface area (Å²) in [6, 6.07) is 18.6. The van der Waals surface area contributed by atoms with Crippen LogP contribution in [-0.4, -0.2) is 17.9 Å². The summed E-state index contributed by atoms with van der Waals surface area (Å²) >= 11 is 0. The largest absolute Gasteiger partial charge is 0.352 e. The van der Waals surface area contributed by atoms with Crippen LogP contribution in [0.15, 0.2) is 60.7 Å². The molecule has 2 N–H and O–H groups in total. The second-order valence-corrected chi connectivity index (χ2v) is 7.50. The molecule has 0 radical (unpaired) electrons. The van der Waals surface area contributed by atoms with E-state index in [0.717, 1.165) is 11.1 Å². The monoisotopic (exact) mass is 352 g/mol. The van der Waals surface area contributed by atoms with Gasteiger partial charge >= 0.3 is 0 Å². The lowest BCUT2D eigenvalue weighted by atomic mass is 9.81. The fourth-order valence-corrected chi connectivity index (χ4v) is 2.92. The Morgan fingerprint density at radius 1 is 0.885 bits per heavy atom. The van der Waals surface area contributed by atoms with Crippen LogP contribution in [-0.2, 0) is 15.0 Å². The van der Waals surface area contributed by atoms with Crippen LogP contribution in [0.25, 0.3) is 0 Å². The van der Waals surface area contributed by atoms with Crippen LogP contribution < -0.4 is 10.6 Å². The number of rotatable bonds is 7. The van der Waals surface area contributed by atoms with Crippen LogP contribution in [0.4, 0.5) is 0 Å². The maximum absolute atomic E-state index is 12.7. The van der Waals surface area contributed by atoms with Crippen molar-refractivity contribution in [1.29, 1.82) is 0 Å². The van der Waals surface area contributed by atoms with E-state index in [1.54, 1.807) is 0 Å². The molecule has 2 aromatic carbocycles. The molecule has 2 aromatic rings. The molecule has 2 amide bonds. The Balaban J connectivity index is 2.14. The van der Waals surface area contributed by atoms with Gasteiger partial charge in [0, 0.05) is 12.5 Å². The van der Waals surface area contributed by atoms with Gasteiger partial charge in [-0.15, -0.1) is 0 Å². The van der Waals surface area contributed by atoms with E-state index in [-0.39, 0.29) is 23.3 Å². The van der Waals surface area contributed by atoms with Crippen molar-refractivity contribution < 1.29 is 9.59 Å². The third-order valence-electron chi connectivity index (χ3n) is 4.29. The highest BCUT2D eigenvalue weighted by Gasteiger charge is 2.28. The van der Waals surface area contributed by atoms with Gasteiger partial charge in [-0.3, -0.25) is 9.59 Å². The molecule has 1 atom stereocenters. The maximum Gasteiger partial charge on any atom is 0.247 e. The first kappa shape index (κ1) is 19.7. The average molecular weight is 352 g/mol. The zero-order chi connectivity index (χ0) is 19.2.